The quantitative estimate of drug-likeness (QED) is 0.831. The molecule has 5 nitrogen and oxygen atoms in total. The second kappa shape index (κ2) is 6.67. The minimum atomic E-state index is -0.528. The van der Waals surface area contributed by atoms with Crippen molar-refractivity contribution in [3.8, 4) is 0 Å². The maximum atomic E-state index is 11.9. The molecule has 19 heavy (non-hydrogen) atoms. The van der Waals surface area contributed by atoms with Crippen LogP contribution in [-0.2, 0) is 9.47 Å². The molecule has 106 valence electrons. The molecule has 0 saturated carbocycles. The highest BCUT2D eigenvalue weighted by Crippen LogP contribution is 2.24. The molecule has 1 aromatic heterocycles. The van der Waals surface area contributed by atoms with Gasteiger partial charge in [0, 0.05) is 19.6 Å². The summed E-state index contributed by atoms with van der Waals surface area (Å²) < 4.78 is 11.5. The SMILES string of the molecule is O=C(NCC1(OCCO)CCOC1)c1ccc(Cl)s1. The van der Waals surface area contributed by atoms with Gasteiger partial charge < -0.3 is 19.9 Å². The smallest absolute Gasteiger partial charge is 0.261 e. The van der Waals surface area contributed by atoms with Gasteiger partial charge in [-0.1, -0.05) is 11.6 Å². The Kier molecular flexibility index (Phi) is 5.18. The predicted octanol–water partition coefficient (Wildman–Crippen LogP) is 1.30. The minimum Gasteiger partial charge on any atom is -0.394 e. The first kappa shape index (κ1) is 14.7. The highest BCUT2D eigenvalue weighted by molar-refractivity contribution is 7.17. The fourth-order valence-electron chi connectivity index (χ4n) is 1.92. The van der Waals surface area contributed by atoms with Crippen molar-refractivity contribution in [3.63, 3.8) is 0 Å². The van der Waals surface area contributed by atoms with Gasteiger partial charge in [-0.05, 0) is 12.1 Å². The number of ether oxygens (including phenoxy) is 2. The molecule has 1 atom stereocenters. The van der Waals surface area contributed by atoms with E-state index in [9.17, 15) is 4.79 Å². The van der Waals surface area contributed by atoms with E-state index in [0.29, 0.717) is 35.4 Å². The summed E-state index contributed by atoms with van der Waals surface area (Å²) in [5, 5.41) is 11.7. The van der Waals surface area contributed by atoms with E-state index in [1.807, 2.05) is 0 Å². The van der Waals surface area contributed by atoms with Crippen LogP contribution in [0.3, 0.4) is 0 Å². The molecule has 1 fully saturated rings. The van der Waals surface area contributed by atoms with E-state index in [2.05, 4.69) is 5.32 Å². The summed E-state index contributed by atoms with van der Waals surface area (Å²) in [6.07, 6.45) is 0.707. The Balaban J connectivity index is 1.90. The van der Waals surface area contributed by atoms with Gasteiger partial charge in [0.2, 0.25) is 0 Å². The summed E-state index contributed by atoms with van der Waals surface area (Å²) in [6.45, 7) is 1.59. The lowest BCUT2D eigenvalue weighted by Crippen LogP contribution is -2.46. The lowest BCUT2D eigenvalue weighted by atomic mass is 10.0. The summed E-state index contributed by atoms with van der Waals surface area (Å²) in [6, 6.07) is 3.38. The molecule has 1 saturated heterocycles. The van der Waals surface area contributed by atoms with Crippen molar-refractivity contribution in [1.82, 2.24) is 5.32 Å². The lowest BCUT2D eigenvalue weighted by Gasteiger charge is -2.27. The number of rotatable bonds is 6. The number of aliphatic hydroxyl groups is 1. The van der Waals surface area contributed by atoms with Crippen molar-refractivity contribution >= 4 is 28.8 Å². The minimum absolute atomic E-state index is 0.0454. The maximum absolute atomic E-state index is 11.9. The Hall–Kier alpha value is -0.660. The molecular weight excluding hydrogens is 290 g/mol. The van der Waals surface area contributed by atoms with E-state index in [1.54, 1.807) is 12.1 Å². The molecule has 0 radical (unpaired) electrons. The fourth-order valence-corrected chi connectivity index (χ4v) is 2.88. The van der Waals surface area contributed by atoms with Crippen LogP contribution in [0, 0.1) is 0 Å². The Morgan fingerprint density at radius 1 is 1.63 bits per heavy atom. The van der Waals surface area contributed by atoms with E-state index in [0.717, 1.165) is 0 Å². The van der Waals surface area contributed by atoms with Gasteiger partial charge >= 0.3 is 0 Å². The van der Waals surface area contributed by atoms with Gasteiger partial charge in [0.15, 0.2) is 0 Å². The molecule has 1 aliphatic heterocycles. The Morgan fingerprint density at radius 3 is 3.05 bits per heavy atom. The van der Waals surface area contributed by atoms with Crippen molar-refractivity contribution in [3.05, 3.63) is 21.3 Å². The van der Waals surface area contributed by atoms with Crippen LogP contribution in [0.2, 0.25) is 4.34 Å². The second-order valence-corrected chi connectivity index (χ2v) is 6.06. The largest absolute Gasteiger partial charge is 0.394 e. The molecule has 0 bridgehead atoms. The van der Waals surface area contributed by atoms with Crippen molar-refractivity contribution in [1.29, 1.82) is 0 Å². The van der Waals surface area contributed by atoms with Crippen LogP contribution < -0.4 is 5.32 Å². The van der Waals surface area contributed by atoms with E-state index in [4.69, 9.17) is 26.2 Å². The van der Waals surface area contributed by atoms with Crippen molar-refractivity contribution in [2.45, 2.75) is 12.0 Å². The standard InChI is InChI=1S/C12H16ClNO4S/c13-10-2-1-9(19-10)11(16)14-7-12(18-6-4-15)3-5-17-8-12/h1-2,15H,3-8H2,(H,14,16). The van der Waals surface area contributed by atoms with Gasteiger partial charge in [0.1, 0.15) is 5.60 Å². The average molecular weight is 306 g/mol. The maximum Gasteiger partial charge on any atom is 0.261 e. The zero-order chi connectivity index (χ0) is 13.7. The Bertz CT molecular complexity index is 431. The van der Waals surface area contributed by atoms with Crippen LogP contribution in [-0.4, -0.2) is 49.6 Å². The zero-order valence-corrected chi connectivity index (χ0v) is 11.9. The van der Waals surface area contributed by atoms with Crippen LogP contribution in [0.15, 0.2) is 12.1 Å². The van der Waals surface area contributed by atoms with E-state index < -0.39 is 5.60 Å². The van der Waals surface area contributed by atoms with Crippen LogP contribution >= 0.6 is 22.9 Å². The van der Waals surface area contributed by atoms with Gasteiger partial charge in [-0.2, -0.15) is 0 Å². The first-order valence-corrected chi connectivity index (χ1v) is 7.21. The highest BCUT2D eigenvalue weighted by atomic mass is 35.5. The molecule has 2 rings (SSSR count). The first-order valence-electron chi connectivity index (χ1n) is 6.01. The van der Waals surface area contributed by atoms with Gasteiger partial charge in [-0.3, -0.25) is 4.79 Å². The Labute approximate surface area is 120 Å². The van der Waals surface area contributed by atoms with Crippen molar-refractivity contribution < 1.29 is 19.4 Å². The number of hydrogen-bond donors (Lipinski definition) is 2. The topological polar surface area (TPSA) is 67.8 Å². The molecular formula is C12H16ClNO4S. The van der Waals surface area contributed by atoms with Crippen molar-refractivity contribution in [2.24, 2.45) is 0 Å². The average Bonchev–Trinajstić information content (AvgIpc) is 3.03. The monoisotopic (exact) mass is 305 g/mol. The molecule has 1 aliphatic rings. The highest BCUT2D eigenvalue weighted by Gasteiger charge is 2.36. The van der Waals surface area contributed by atoms with Crippen LogP contribution in [0.4, 0.5) is 0 Å². The molecule has 1 aromatic rings. The molecule has 2 heterocycles. The van der Waals surface area contributed by atoms with Gasteiger partial charge in [-0.25, -0.2) is 0 Å². The van der Waals surface area contributed by atoms with Crippen LogP contribution in [0.1, 0.15) is 16.1 Å². The molecule has 0 aromatic carbocycles. The van der Waals surface area contributed by atoms with Gasteiger partial charge in [0.05, 0.1) is 29.0 Å². The first-order chi connectivity index (χ1) is 9.15. The third-order valence-electron chi connectivity index (χ3n) is 2.93. The van der Waals surface area contributed by atoms with Crippen LogP contribution in [0.5, 0.6) is 0 Å². The third kappa shape index (κ3) is 3.90. The van der Waals surface area contributed by atoms with Gasteiger partial charge in [0.25, 0.3) is 5.91 Å². The number of carbonyl (C=O) groups is 1. The summed E-state index contributed by atoms with van der Waals surface area (Å²) in [4.78, 5) is 12.5. The number of halogens is 1. The third-order valence-corrected chi connectivity index (χ3v) is 4.16. The molecule has 1 unspecified atom stereocenters. The van der Waals surface area contributed by atoms with E-state index in [1.165, 1.54) is 11.3 Å². The number of aliphatic hydroxyl groups excluding tert-OH is 1. The Morgan fingerprint density at radius 2 is 2.47 bits per heavy atom. The summed E-state index contributed by atoms with van der Waals surface area (Å²) in [5.74, 6) is -0.171. The molecule has 1 amide bonds. The molecule has 0 aliphatic carbocycles. The number of nitrogens with one attached hydrogen (secondary N) is 1. The number of carbonyl (C=O) groups excluding carboxylic acids is 1. The summed E-state index contributed by atoms with van der Waals surface area (Å²) in [5.41, 5.74) is -0.528. The van der Waals surface area contributed by atoms with E-state index in [-0.39, 0.29) is 19.1 Å². The predicted molar refractivity (Wildman–Crippen MR) is 72.9 cm³/mol. The number of thiophene rings is 1. The van der Waals surface area contributed by atoms with Gasteiger partial charge in [-0.15, -0.1) is 11.3 Å². The van der Waals surface area contributed by atoms with Crippen molar-refractivity contribution in [2.75, 3.05) is 33.0 Å². The molecule has 2 N–H and O–H groups in total. The number of amides is 1. The molecule has 0 spiro atoms. The normalized spacial score (nSPS) is 22.6. The fraction of sp³-hybridized carbons (Fsp3) is 0.583. The second-order valence-electron chi connectivity index (χ2n) is 4.34. The van der Waals surface area contributed by atoms with E-state index >= 15 is 0 Å². The zero-order valence-electron chi connectivity index (χ0n) is 10.4. The molecule has 7 heteroatoms. The summed E-state index contributed by atoms with van der Waals surface area (Å²) in [7, 11) is 0. The number of hydrogen-bond acceptors (Lipinski definition) is 5. The lowest BCUT2D eigenvalue weighted by molar-refractivity contribution is -0.0582. The summed E-state index contributed by atoms with van der Waals surface area (Å²) >= 11 is 7.03. The van der Waals surface area contributed by atoms with Crippen LogP contribution in [0.25, 0.3) is 0 Å².